The van der Waals surface area contributed by atoms with Crippen molar-refractivity contribution in [3.05, 3.63) is 59.9 Å². The fraction of sp³-hybridized carbons (Fsp3) is 0.455. The molecule has 1 aliphatic carbocycles. The Kier molecular flexibility index (Phi) is 5.19. The SMILES string of the molecule is O=C(c1ccc(OCc2cccnc2)cc1)N1CC[C@@H]2CCCC[C@@H]2C1. The summed E-state index contributed by atoms with van der Waals surface area (Å²) in [5.74, 6) is 2.49. The number of hydrogen-bond donors (Lipinski definition) is 0. The molecule has 4 rings (SSSR count). The van der Waals surface area contributed by atoms with Gasteiger partial charge in [0.2, 0.25) is 0 Å². The second-order valence-electron chi connectivity index (χ2n) is 7.52. The summed E-state index contributed by atoms with van der Waals surface area (Å²) < 4.78 is 5.78. The lowest BCUT2D eigenvalue weighted by Gasteiger charge is -2.41. The van der Waals surface area contributed by atoms with Gasteiger partial charge in [0.1, 0.15) is 12.4 Å². The maximum atomic E-state index is 12.8. The number of carbonyl (C=O) groups is 1. The number of nitrogens with zero attached hydrogens (tertiary/aromatic N) is 2. The van der Waals surface area contributed by atoms with Crippen molar-refractivity contribution in [3.63, 3.8) is 0 Å². The Morgan fingerprint density at radius 1 is 1.08 bits per heavy atom. The molecule has 0 unspecified atom stereocenters. The van der Waals surface area contributed by atoms with Gasteiger partial charge in [0, 0.05) is 36.6 Å². The van der Waals surface area contributed by atoms with Crippen molar-refractivity contribution in [2.75, 3.05) is 13.1 Å². The lowest BCUT2D eigenvalue weighted by Crippen LogP contribution is -2.44. The molecule has 2 fully saturated rings. The molecule has 0 N–H and O–H groups in total. The predicted octanol–water partition coefficient (Wildman–Crippen LogP) is 4.31. The summed E-state index contributed by atoms with van der Waals surface area (Å²) in [7, 11) is 0. The quantitative estimate of drug-likeness (QED) is 0.825. The van der Waals surface area contributed by atoms with E-state index in [2.05, 4.69) is 9.88 Å². The highest BCUT2D eigenvalue weighted by atomic mass is 16.5. The minimum absolute atomic E-state index is 0.160. The predicted molar refractivity (Wildman–Crippen MR) is 101 cm³/mol. The Bertz CT molecular complexity index is 730. The van der Waals surface area contributed by atoms with Gasteiger partial charge in [-0.15, -0.1) is 0 Å². The van der Waals surface area contributed by atoms with Crippen molar-refractivity contribution in [3.8, 4) is 5.75 Å². The molecular weight excluding hydrogens is 324 g/mol. The summed E-state index contributed by atoms with van der Waals surface area (Å²) in [4.78, 5) is 19.0. The first-order valence-corrected chi connectivity index (χ1v) is 9.70. The van der Waals surface area contributed by atoms with Gasteiger partial charge in [-0.1, -0.05) is 25.3 Å². The van der Waals surface area contributed by atoms with Gasteiger partial charge in [-0.05, 0) is 55.0 Å². The van der Waals surface area contributed by atoms with Crippen LogP contribution in [0, 0.1) is 11.8 Å². The van der Waals surface area contributed by atoms with Gasteiger partial charge >= 0.3 is 0 Å². The van der Waals surface area contributed by atoms with Crippen LogP contribution in [0.15, 0.2) is 48.8 Å². The van der Waals surface area contributed by atoms with Crippen LogP contribution in [0.3, 0.4) is 0 Å². The van der Waals surface area contributed by atoms with Gasteiger partial charge in [0.25, 0.3) is 5.91 Å². The van der Waals surface area contributed by atoms with Crippen molar-refractivity contribution >= 4 is 5.91 Å². The number of rotatable bonds is 4. The topological polar surface area (TPSA) is 42.4 Å². The van der Waals surface area contributed by atoms with E-state index in [0.717, 1.165) is 35.9 Å². The number of carbonyl (C=O) groups excluding carboxylic acids is 1. The number of hydrogen-bond acceptors (Lipinski definition) is 3. The number of likely N-dealkylation sites (tertiary alicyclic amines) is 1. The Hall–Kier alpha value is -2.36. The summed E-state index contributed by atoms with van der Waals surface area (Å²) in [5, 5.41) is 0. The summed E-state index contributed by atoms with van der Waals surface area (Å²) in [6.07, 6.45) is 10.1. The molecule has 1 saturated carbocycles. The first-order chi connectivity index (χ1) is 12.8. The van der Waals surface area contributed by atoms with E-state index in [-0.39, 0.29) is 5.91 Å². The Morgan fingerprint density at radius 3 is 2.65 bits per heavy atom. The molecule has 0 radical (unpaired) electrons. The number of fused-ring (bicyclic) bond motifs is 1. The molecule has 1 aliphatic heterocycles. The smallest absolute Gasteiger partial charge is 0.253 e. The third-order valence-corrected chi connectivity index (χ3v) is 5.81. The van der Waals surface area contributed by atoms with Gasteiger partial charge in [-0.3, -0.25) is 9.78 Å². The van der Waals surface area contributed by atoms with E-state index in [1.54, 1.807) is 12.4 Å². The van der Waals surface area contributed by atoms with E-state index in [1.807, 2.05) is 36.4 Å². The van der Waals surface area contributed by atoms with Crippen LogP contribution in [0.1, 0.15) is 48.0 Å². The second-order valence-corrected chi connectivity index (χ2v) is 7.52. The zero-order valence-electron chi connectivity index (χ0n) is 15.1. The zero-order valence-corrected chi connectivity index (χ0v) is 15.1. The van der Waals surface area contributed by atoms with Crippen molar-refractivity contribution in [2.24, 2.45) is 11.8 Å². The highest BCUT2D eigenvalue weighted by Gasteiger charge is 2.33. The van der Waals surface area contributed by atoms with Crippen LogP contribution in [0.5, 0.6) is 5.75 Å². The third-order valence-electron chi connectivity index (χ3n) is 5.81. The molecule has 1 aromatic carbocycles. The molecule has 136 valence electrons. The monoisotopic (exact) mass is 350 g/mol. The van der Waals surface area contributed by atoms with Crippen molar-refractivity contribution in [2.45, 2.75) is 38.7 Å². The fourth-order valence-corrected chi connectivity index (χ4v) is 4.31. The molecule has 4 nitrogen and oxygen atoms in total. The minimum atomic E-state index is 0.160. The molecule has 2 heterocycles. The lowest BCUT2D eigenvalue weighted by molar-refractivity contribution is 0.0521. The highest BCUT2D eigenvalue weighted by molar-refractivity contribution is 5.94. The second kappa shape index (κ2) is 7.90. The normalized spacial score (nSPS) is 22.5. The van der Waals surface area contributed by atoms with Crippen LogP contribution in [0.4, 0.5) is 0 Å². The number of piperidine rings is 1. The van der Waals surface area contributed by atoms with Gasteiger partial charge in [-0.2, -0.15) is 0 Å². The zero-order chi connectivity index (χ0) is 17.8. The van der Waals surface area contributed by atoms with Crippen LogP contribution in [-0.2, 0) is 6.61 Å². The summed E-state index contributed by atoms with van der Waals surface area (Å²) in [6, 6.07) is 11.4. The number of aromatic nitrogens is 1. The molecule has 1 saturated heterocycles. The molecule has 4 heteroatoms. The third kappa shape index (κ3) is 3.90. The molecule has 2 atom stereocenters. The van der Waals surface area contributed by atoms with Crippen molar-refractivity contribution in [1.29, 1.82) is 0 Å². The molecule has 0 spiro atoms. The Morgan fingerprint density at radius 2 is 1.88 bits per heavy atom. The maximum Gasteiger partial charge on any atom is 0.253 e. The van der Waals surface area contributed by atoms with Crippen LogP contribution >= 0.6 is 0 Å². The standard InChI is InChI=1S/C22H26N2O2/c25-22(24-13-11-18-5-1-2-6-20(18)15-24)19-7-9-21(10-8-19)26-16-17-4-3-12-23-14-17/h3-4,7-10,12,14,18,20H,1-2,5-6,11,13,15-16H2/t18-,20+/m0/s1. The van der Waals surface area contributed by atoms with Crippen LogP contribution in [0.25, 0.3) is 0 Å². The van der Waals surface area contributed by atoms with E-state index in [4.69, 9.17) is 4.74 Å². The number of benzene rings is 1. The summed E-state index contributed by atoms with van der Waals surface area (Å²) in [6.45, 7) is 2.32. The molecule has 0 bridgehead atoms. The van der Waals surface area contributed by atoms with Gasteiger partial charge < -0.3 is 9.64 Å². The van der Waals surface area contributed by atoms with E-state index in [9.17, 15) is 4.79 Å². The first-order valence-electron chi connectivity index (χ1n) is 9.70. The molecule has 2 aromatic rings. The van der Waals surface area contributed by atoms with Crippen molar-refractivity contribution < 1.29 is 9.53 Å². The van der Waals surface area contributed by atoms with Gasteiger partial charge in [0.15, 0.2) is 0 Å². The highest BCUT2D eigenvalue weighted by Crippen LogP contribution is 2.36. The average molecular weight is 350 g/mol. The largest absolute Gasteiger partial charge is 0.489 e. The van der Waals surface area contributed by atoms with E-state index < -0.39 is 0 Å². The molecule has 2 aliphatic rings. The summed E-state index contributed by atoms with van der Waals surface area (Å²) in [5.41, 5.74) is 1.79. The number of amides is 1. The van der Waals surface area contributed by atoms with E-state index >= 15 is 0 Å². The van der Waals surface area contributed by atoms with Crippen LogP contribution < -0.4 is 4.74 Å². The molecule has 1 amide bonds. The lowest BCUT2D eigenvalue weighted by atomic mass is 9.75. The first kappa shape index (κ1) is 17.1. The van der Waals surface area contributed by atoms with Gasteiger partial charge in [0.05, 0.1) is 0 Å². The summed E-state index contributed by atoms with van der Waals surface area (Å²) >= 11 is 0. The maximum absolute atomic E-state index is 12.8. The molecular formula is C22H26N2O2. The van der Waals surface area contributed by atoms with Gasteiger partial charge in [-0.25, -0.2) is 0 Å². The van der Waals surface area contributed by atoms with Crippen molar-refractivity contribution in [1.82, 2.24) is 9.88 Å². The van der Waals surface area contributed by atoms with E-state index in [0.29, 0.717) is 12.5 Å². The van der Waals surface area contributed by atoms with Crippen LogP contribution in [-0.4, -0.2) is 28.9 Å². The number of pyridine rings is 1. The molecule has 26 heavy (non-hydrogen) atoms. The molecule has 1 aromatic heterocycles. The Balaban J connectivity index is 1.35. The number of ether oxygens (including phenoxy) is 1. The Labute approximate surface area is 155 Å². The van der Waals surface area contributed by atoms with Crippen LogP contribution in [0.2, 0.25) is 0 Å². The minimum Gasteiger partial charge on any atom is -0.489 e. The fourth-order valence-electron chi connectivity index (χ4n) is 4.31. The van der Waals surface area contributed by atoms with E-state index in [1.165, 1.54) is 32.1 Å². The average Bonchev–Trinajstić information content (AvgIpc) is 2.72.